The molecule has 0 heterocycles. The Bertz CT molecular complexity index is 424. The summed E-state index contributed by atoms with van der Waals surface area (Å²) in [4.78, 5) is 8.36. The van der Waals surface area contributed by atoms with Crippen LogP contribution in [0.1, 0.15) is 63.5 Å². The summed E-state index contributed by atoms with van der Waals surface area (Å²) in [6.45, 7) is 8.21. The molecule has 0 fully saturated rings. The van der Waals surface area contributed by atoms with E-state index in [2.05, 4.69) is 44.7 Å². The molecule has 1 atom stereocenters. The van der Waals surface area contributed by atoms with Gasteiger partial charge in [0.25, 0.3) is 6.47 Å². The molecule has 0 amide bonds. The first-order chi connectivity index (χ1) is 11.0. The monoisotopic (exact) mass is 319 g/mol. The summed E-state index contributed by atoms with van der Waals surface area (Å²) >= 11 is 0. The van der Waals surface area contributed by atoms with Crippen LogP contribution >= 0.6 is 0 Å². The second-order valence-corrected chi connectivity index (χ2v) is 6.16. The first-order valence-electron chi connectivity index (χ1n) is 8.61. The van der Waals surface area contributed by atoms with Gasteiger partial charge in [0.1, 0.15) is 0 Å². The molecule has 0 radical (unpaired) electrons. The van der Waals surface area contributed by atoms with Gasteiger partial charge in [0.2, 0.25) is 0 Å². The van der Waals surface area contributed by atoms with E-state index in [9.17, 15) is 0 Å². The minimum Gasteiger partial charge on any atom is -0.483 e. The van der Waals surface area contributed by atoms with E-state index in [-0.39, 0.29) is 12.5 Å². The number of rotatable bonds is 10. The van der Waals surface area contributed by atoms with Crippen molar-refractivity contribution in [3.05, 3.63) is 47.5 Å². The van der Waals surface area contributed by atoms with Crippen molar-refractivity contribution in [1.82, 2.24) is 0 Å². The Balaban J connectivity index is 0.00000149. The van der Waals surface area contributed by atoms with Crippen LogP contribution in [-0.2, 0) is 17.6 Å². The zero-order valence-electron chi connectivity index (χ0n) is 14.8. The van der Waals surface area contributed by atoms with E-state index in [0.29, 0.717) is 0 Å². The van der Waals surface area contributed by atoms with Gasteiger partial charge < -0.3 is 10.8 Å². The summed E-state index contributed by atoms with van der Waals surface area (Å²) in [6.07, 6.45) is 9.65. The number of aryl methyl sites for hydroxylation is 1. The first kappa shape index (κ1) is 21.4. The minimum absolute atomic E-state index is 0.245. The van der Waals surface area contributed by atoms with E-state index in [0.717, 1.165) is 6.42 Å². The highest BCUT2D eigenvalue weighted by atomic mass is 16.3. The first-order valence-corrected chi connectivity index (χ1v) is 8.61. The van der Waals surface area contributed by atoms with Gasteiger partial charge in [0.15, 0.2) is 0 Å². The average Bonchev–Trinajstić information content (AvgIpc) is 2.51. The quantitative estimate of drug-likeness (QED) is 0.372. The molecule has 3 nitrogen and oxygen atoms in total. The Hall–Kier alpha value is -1.61. The molecule has 3 heteroatoms. The summed E-state index contributed by atoms with van der Waals surface area (Å²) in [7, 11) is 0. The molecule has 1 aromatic rings. The molecule has 0 bridgehead atoms. The Morgan fingerprint density at radius 3 is 2.22 bits per heavy atom. The molecule has 0 aliphatic carbocycles. The van der Waals surface area contributed by atoms with Crippen LogP contribution in [0.15, 0.2) is 36.4 Å². The van der Waals surface area contributed by atoms with Gasteiger partial charge in [-0.2, -0.15) is 0 Å². The van der Waals surface area contributed by atoms with Crippen LogP contribution in [0, 0.1) is 0 Å². The van der Waals surface area contributed by atoms with Crippen molar-refractivity contribution in [1.29, 1.82) is 0 Å². The second-order valence-electron chi connectivity index (χ2n) is 6.16. The molecule has 23 heavy (non-hydrogen) atoms. The number of unbranched alkanes of at least 4 members (excludes halogenated alkanes) is 2. The maximum atomic E-state index is 8.36. The summed E-state index contributed by atoms with van der Waals surface area (Å²) < 4.78 is 0. The van der Waals surface area contributed by atoms with Crippen molar-refractivity contribution in [2.24, 2.45) is 5.73 Å². The van der Waals surface area contributed by atoms with E-state index in [4.69, 9.17) is 15.6 Å². The van der Waals surface area contributed by atoms with Crippen LogP contribution in [0.4, 0.5) is 0 Å². The lowest BCUT2D eigenvalue weighted by Gasteiger charge is -2.07. The third-order valence-corrected chi connectivity index (χ3v) is 3.71. The second kappa shape index (κ2) is 14.0. The highest BCUT2D eigenvalue weighted by Crippen LogP contribution is 2.15. The van der Waals surface area contributed by atoms with Crippen molar-refractivity contribution in [2.75, 3.05) is 0 Å². The summed E-state index contributed by atoms with van der Waals surface area (Å²) in [5.74, 6) is 0. The van der Waals surface area contributed by atoms with E-state index >= 15 is 0 Å². The highest BCUT2D eigenvalue weighted by Gasteiger charge is 1.99. The zero-order valence-corrected chi connectivity index (χ0v) is 14.8. The number of benzene rings is 1. The molecule has 1 unspecified atom stereocenters. The smallest absolute Gasteiger partial charge is 0.290 e. The van der Waals surface area contributed by atoms with Gasteiger partial charge in [0, 0.05) is 6.04 Å². The number of hydrogen-bond acceptors (Lipinski definition) is 2. The molecule has 0 saturated carbocycles. The summed E-state index contributed by atoms with van der Waals surface area (Å²) in [6, 6.07) is 9.19. The molecule has 0 saturated heterocycles. The van der Waals surface area contributed by atoms with Crippen LogP contribution in [0.25, 0.3) is 0 Å². The van der Waals surface area contributed by atoms with Gasteiger partial charge in [-0.05, 0) is 63.0 Å². The molecular weight excluding hydrogens is 286 g/mol. The third kappa shape index (κ3) is 12.6. The van der Waals surface area contributed by atoms with Gasteiger partial charge in [-0.1, -0.05) is 49.8 Å². The number of nitrogens with two attached hydrogens (primary N) is 1. The fourth-order valence-corrected chi connectivity index (χ4v) is 2.47. The lowest BCUT2D eigenvalue weighted by atomic mass is 10.00. The fourth-order valence-electron chi connectivity index (χ4n) is 2.47. The topological polar surface area (TPSA) is 63.3 Å². The molecule has 0 aliphatic heterocycles. The number of carbonyl (C=O) groups is 1. The maximum absolute atomic E-state index is 8.36. The SMILES string of the molecule is C=C(CCCC)CCCCc1ccc(CC(C)N)cc1.O=CO. The lowest BCUT2D eigenvalue weighted by molar-refractivity contribution is -0.122. The molecule has 0 spiro atoms. The van der Waals surface area contributed by atoms with Crippen molar-refractivity contribution in [2.45, 2.75) is 71.3 Å². The predicted molar refractivity (Wildman–Crippen MR) is 98.7 cm³/mol. The van der Waals surface area contributed by atoms with E-state index in [1.54, 1.807) is 0 Å². The normalized spacial score (nSPS) is 11.3. The average molecular weight is 319 g/mol. The molecule has 1 rings (SSSR count). The fraction of sp³-hybridized carbons (Fsp3) is 0.550. The van der Waals surface area contributed by atoms with Gasteiger partial charge in [0.05, 0.1) is 0 Å². The molecule has 0 aliphatic rings. The molecule has 130 valence electrons. The van der Waals surface area contributed by atoms with Gasteiger partial charge in [-0.25, -0.2) is 0 Å². The van der Waals surface area contributed by atoms with Gasteiger partial charge in [-0.3, -0.25) is 4.79 Å². The van der Waals surface area contributed by atoms with Gasteiger partial charge in [-0.15, -0.1) is 0 Å². The summed E-state index contributed by atoms with van der Waals surface area (Å²) in [5, 5.41) is 6.89. The van der Waals surface area contributed by atoms with Crippen molar-refractivity contribution in [3.63, 3.8) is 0 Å². The molecule has 0 aromatic heterocycles. The van der Waals surface area contributed by atoms with Crippen LogP contribution in [0.3, 0.4) is 0 Å². The largest absolute Gasteiger partial charge is 0.483 e. The molecule has 3 N–H and O–H groups in total. The molecular formula is C20H33NO2. The number of hydrogen-bond donors (Lipinski definition) is 2. The number of allylic oxidation sites excluding steroid dienone is 1. The van der Waals surface area contributed by atoms with Crippen LogP contribution in [0.2, 0.25) is 0 Å². The van der Waals surface area contributed by atoms with Crippen LogP contribution < -0.4 is 5.73 Å². The Morgan fingerprint density at radius 1 is 1.17 bits per heavy atom. The van der Waals surface area contributed by atoms with Crippen molar-refractivity contribution >= 4 is 6.47 Å². The predicted octanol–water partition coefficient (Wildman–Crippen LogP) is 4.74. The van der Waals surface area contributed by atoms with Crippen molar-refractivity contribution in [3.8, 4) is 0 Å². The van der Waals surface area contributed by atoms with Gasteiger partial charge >= 0.3 is 0 Å². The molecule has 1 aromatic carbocycles. The van der Waals surface area contributed by atoms with E-state index < -0.39 is 0 Å². The maximum Gasteiger partial charge on any atom is 0.290 e. The van der Waals surface area contributed by atoms with E-state index in [1.807, 2.05) is 0 Å². The zero-order chi connectivity index (χ0) is 17.5. The van der Waals surface area contributed by atoms with E-state index in [1.165, 1.54) is 61.6 Å². The minimum atomic E-state index is -0.250. The number of carboxylic acid groups (broad SMARTS) is 1. The lowest BCUT2D eigenvalue weighted by Crippen LogP contribution is -2.17. The Labute approximate surface area is 141 Å². The van der Waals surface area contributed by atoms with Crippen LogP contribution in [0.5, 0.6) is 0 Å². The van der Waals surface area contributed by atoms with Crippen molar-refractivity contribution < 1.29 is 9.90 Å². The van der Waals surface area contributed by atoms with Crippen LogP contribution in [-0.4, -0.2) is 17.6 Å². The summed E-state index contributed by atoms with van der Waals surface area (Å²) in [5.41, 5.74) is 10.0. The highest BCUT2D eigenvalue weighted by molar-refractivity contribution is 5.32. The Kier molecular flexibility index (Phi) is 13.0. The third-order valence-electron chi connectivity index (χ3n) is 3.71. The standard InChI is InChI=1S/C19H31N.CH2O2/c1-4-5-8-16(2)9-6-7-10-18-11-13-19(14-12-18)15-17(3)20;2-1-3/h11-14,17H,2,4-10,15,20H2,1,3H3;1H,(H,2,3). The Morgan fingerprint density at radius 2 is 1.70 bits per heavy atom.